The molecule has 1 aliphatic rings. The summed E-state index contributed by atoms with van der Waals surface area (Å²) in [5.74, 6) is -1.46. The summed E-state index contributed by atoms with van der Waals surface area (Å²) in [6.45, 7) is 6.14. The Balaban J connectivity index is 2.75. The van der Waals surface area contributed by atoms with Gasteiger partial charge in [0.05, 0.1) is 5.54 Å². The van der Waals surface area contributed by atoms with Gasteiger partial charge in [0, 0.05) is 13.2 Å². The van der Waals surface area contributed by atoms with Gasteiger partial charge in [-0.2, -0.15) is 0 Å². The molecule has 1 amide bonds. The van der Waals surface area contributed by atoms with Gasteiger partial charge < -0.3 is 20.9 Å². The van der Waals surface area contributed by atoms with Crippen LogP contribution in [0.2, 0.25) is 0 Å². The van der Waals surface area contributed by atoms with Gasteiger partial charge in [-0.15, -0.1) is 0 Å². The molecule has 1 atom stereocenters. The minimum atomic E-state index is -1.05. The van der Waals surface area contributed by atoms with Crippen molar-refractivity contribution in [1.82, 2.24) is 5.32 Å². The maximum absolute atomic E-state index is 12.1. The fraction of sp³-hybridized carbons (Fsp3) is 0.833. The number of hydrogen-bond acceptors (Lipinski definition) is 4. The Hall–Kier alpha value is -1.14. The smallest absolute Gasteiger partial charge is 0.326 e. The Morgan fingerprint density at radius 2 is 1.83 bits per heavy atom. The Morgan fingerprint density at radius 3 is 2.22 bits per heavy atom. The van der Waals surface area contributed by atoms with E-state index in [0.717, 1.165) is 0 Å². The van der Waals surface area contributed by atoms with Crippen LogP contribution in [0.4, 0.5) is 0 Å². The molecule has 6 heteroatoms. The van der Waals surface area contributed by atoms with Crippen molar-refractivity contribution in [1.29, 1.82) is 0 Å². The predicted octanol–water partition coefficient (Wildman–Crippen LogP) is 0.110. The van der Waals surface area contributed by atoms with E-state index in [1.54, 1.807) is 20.8 Å². The zero-order chi connectivity index (χ0) is 14.0. The van der Waals surface area contributed by atoms with E-state index in [1.807, 2.05) is 0 Å². The number of aliphatic carboxylic acids is 1. The standard InChI is InChI=1S/C12H22N2O4/c1-11(2,3)8(9(15)16)14-10(17)12(13)4-6-18-7-5-12/h8H,4-7,13H2,1-3H3,(H,14,17)(H,15,16)/t8-/m1/s1. The number of carbonyl (C=O) groups excluding carboxylic acids is 1. The second kappa shape index (κ2) is 5.24. The maximum Gasteiger partial charge on any atom is 0.326 e. The number of nitrogens with two attached hydrogens (primary N) is 1. The SMILES string of the molecule is CC(C)(C)[C@H](NC(=O)C1(N)CCOCC1)C(=O)O. The van der Waals surface area contributed by atoms with E-state index in [-0.39, 0.29) is 0 Å². The third kappa shape index (κ3) is 3.43. The van der Waals surface area contributed by atoms with Crippen LogP contribution >= 0.6 is 0 Å². The molecule has 0 aromatic heterocycles. The minimum absolute atomic E-state index is 0.409. The first-order valence-electron chi connectivity index (χ1n) is 6.07. The van der Waals surface area contributed by atoms with Gasteiger partial charge in [-0.05, 0) is 18.3 Å². The van der Waals surface area contributed by atoms with Crippen molar-refractivity contribution in [3.8, 4) is 0 Å². The molecule has 0 unspecified atom stereocenters. The molecule has 104 valence electrons. The van der Waals surface area contributed by atoms with Gasteiger partial charge in [-0.1, -0.05) is 20.8 Å². The average Bonchev–Trinajstić information content (AvgIpc) is 2.24. The summed E-state index contributed by atoms with van der Waals surface area (Å²) in [5.41, 5.74) is 4.43. The van der Waals surface area contributed by atoms with Crippen LogP contribution in [-0.2, 0) is 14.3 Å². The quantitative estimate of drug-likeness (QED) is 0.667. The zero-order valence-electron chi connectivity index (χ0n) is 11.2. The number of nitrogens with one attached hydrogen (secondary N) is 1. The van der Waals surface area contributed by atoms with Crippen LogP contribution in [0.5, 0.6) is 0 Å². The first kappa shape index (κ1) is 14.9. The molecule has 0 spiro atoms. The number of hydrogen-bond donors (Lipinski definition) is 3. The van der Waals surface area contributed by atoms with Crippen molar-refractivity contribution in [3.63, 3.8) is 0 Å². The van der Waals surface area contributed by atoms with Gasteiger partial charge in [0.15, 0.2) is 0 Å². The molecule has 0 aliphatic carbocycles. The maximum atomic E-state index is 12.1. The Labute approximate surface area is 107 Å². The normalized spacial score (nSPS) is 21.1. The van der Waals surface area contributed by atoms with E-state index in [4.69, 9.17) is 15.6 Å². The van der Waals surface area contributed by atoms with Crippen LogP contribution in [0.1, 0.15) is 33.6 Å². The molecule has 1 fully saturated rings. The van der Waals surface area contributed by atoms with Gasteiger partial charge >= 0.3 is 5.97 Å². The third-order valence-electron chi connectivity index (χ3n) is 3.23. The fourth-order valence-corrected chi connectivity index (χ4v) is 1.89. The summed E-state index contributed by atoms with van der Waals surface area (Å²) < 4.78 is 5.16. The lowest BCUT2D eigenvalue weighted by Gasteiger charge is -2.35. The first-order chi connectivity index (χ1) is 8.17. The van der Waals surface area contributed by atoms with Crippen LogP contribution in [-0.4, -0.2) is 41.8 Å². The molecular weight excluding hydrogens is 236 g/mol. The third-order valence-corrected chi connectivity index (χ3v) is 3.23. The number of carbonyl (C=O) groups is 2. The second-order valence-electron chi connectivity index (χ2n) is 5.88. The number of carboxylic acid groups (broad SMARTS) is 1. The van der Waals surface area contributed by atoms with Crippen LogP contribution in [0, 0.1) is 5.41 Å². The highest BCUT2D eigenvalue weighted by Gasteiger charge is 2.40. The lowest BCUT2D eigenvalue weighted by molar-refractivity contribution is -0.146. The molecule has 4 N–H and O–H groups in total. The van der Waals surface area contributed by atoms with Gasteiger partial charge in [-0.25, -0.2) is 4.79 Å². The van der Waals surface area contributed by atoms with Crippen molar-refractivity contribution in [2.75, 3.05) is 13.2 Å². The Morgan fingerprint density at radius 1 is 1.33 bits per heavy atom. The highest BCUT2D eigenvalue weighted by molar-refractivity contribution is 5.90. The van der Waals surface area contributed by atoms with Crippen molar-refractivity contribution in [2.45, 2.75) is 45.2 Å². The largest absolute Gasteiger partial charge is 0.480 e. The van der Waals surface area contributed by atoms with Gasteiger partial charge in [0.1, 0.15) is 6.04 Å². The summed E-state index contributed by atoms with van der Waals surface area (Å²) in [6, 6.07) is -0.951. The molecule has 18 heavy (non-hydrogen) atoms. The van der Waals surface area contributed by atoms with E-state index in [2.05, 4.69) is 5.32 Å². The highest BCUT2D eigenvalue weighted by Crippen LogP contribution is 2.22. The number of amides is 1. The number of carboxylic acids is 1. The van der Waals surface area contributed by atoms with Gasteiger partial charge in [0.2, 0.25) is 5.91 Å². The van der Waals surface area contributed by atoms with E-state index in [0.29, 0.717) is 26.1 Å². The lowest BCUT2D eigenvalue weighted by atomic mass is 9.84. The van der Waals surface area contributed by atoms with Gasteiger partial charge in [-0.3, -0.25) is 4.79 Å². The summed E-state index contributed by atoms with van der Waals surface area (Å²) in [5, 5.41) is 11.7. The molecule has 0 aromatic rings. The van der Waals surface area contributed by atoms with Crippen LogP contribution in [0.15, 0.2) is 0 Å². The lowest BCUT2D eigenvalue weighted by Crippen LogP contribution is -2.61. The molecule has 1 saturated heterocycles. The molecule has 1 aliphatic heterocycles. The molecule has 6 nitrogen and oxygen atoms in total. The monoisotopic (exact) mass is 258 g/mol. The topological polar surface area (TPSA) is 102 Å². The van der Waals surface area contributed by atoms with Gasteiger partial charge in [0.25, 0.3) is 0 Å². The van der Waals surface area contributed by atoms with E-state index in [9.17, 15) is 9.59 Å². The number of rotatable bonds is 3. The van der Waals surface area contributed by atoms with Crippen LogP contribution < -0.4 is 11.1 Å². The molecule has 0 bridgehead atoms. The Bertz CT molecular complexity index is 329. The minimum Gasteiger partial charge on any atom is -0.480 e. The first-order valence-corrected chi connectivity index (χ1v) is 6.07. The van der Waals surface area contributed by atoms with Crippen molar-refractivity contribution >= 4 is 11.9 Å². The zero-order valence-corrected chi connectivity index (χ0v) is 11.2. The Kier molecular flexibility index (Phi) is 4.34. The summed E-state index contributed by atoms with van der Waals surface area (Å²) >= 11 is 0. The van der Waals surface area contributed by atoms with E-state index < -0.39 is 28.9 Å². The second-order valence-corrected chi connectivity index (χ2v) is 5.88. The summed E-state index contributed by atoms with van der Waals surface area (Å²) in [4.78, 5) is 23.3. The van der Waals surface area contributed by atoms with Crippen molar-refractivity contribution < 1.29 is 19.4 Å². The average molecular weight is 258 g/mol. The van der Waals surface area contributed by atoms with Crippen molar-refractivity contribution in [2.24, 2.45) is 11.1 Å². The molecule has 0 aromatic carbocycles. The fourth-order valence-electron chi connectivity index (χ4n) is 1.89. The molecule has 1 rings (SSSR count). The highest BCUT2D eigenvalue weighted by atomic mass is 16.5. The molecule has 1 heterocycles. The summed E-state index contributed by atoms with van der Waals surface area (Å²) in [6.07, 6.45) is 0.824. The molecular formula is C12H22N2O4. The number of ether oxygens (including phenoxy) is 1. The van der Waals surface area contributed by atoms with E-state index in [1.165, 1.54) is 0 Å². The van der Waals surface area contributed by atoms with Crippen LogP contribution in [0.3, 0.4) is 0 Å². The summed E-state index contributed by atoms with van der Waals surface area (Å²) in [7, 11) is 0. The molecule has 0 saturated carbocycles. The van der Waals surface area contributed by atoms with Crippen LogP contribution in [0.25, 0.3) is 0 Å². The van der Waals surface area contributed by atoms with Crippen molar-refractivity contribution in [3.05, 3.63) is 0 Å². The molecule has 0 radical (unpaired) electrons. The predicted molar refractivity (Wildman–Crippen MR) is 66.0 cm³/mol. The van der Waals surface area contributed by atoms with E-state index >= 15 is 0 Å².